The Balaban J connectivity index is 2.04. The average molecular weight is 197 g/mol. The van der Waals surface area contributed by atoms with Crippen LogP contribution >= 0.6 is 11.3 Å². The van der Waals surface area contributed by atoms with Gasteiger partial charge in [-0.3, -0.25) is 0 Å². The molecule has 0 unspecified atom stereocenters. The van der Waals surface area contributed by atoms with E-state index in [1.807, 2.05) is 6.92 Å². The van der Waals surface area contributed by atoms with Crippen molar-refractivity contribution in [1.29, 1.82) is 0 Å². The van der Waals surface area contributed by atoms with Gasteiger partial charge in [-0.2, -0.15) is 0 Å². The topological polar surface area (TPSA) is 37.8 Å². The Morgan fingerprint density at radius 3 is 2.54 bits per heavy atom. The van der Waals surface area contributed by atoms with E-state index in [1.165, 1.54) is 25.7 Å². The van der Waals surface area contributed by atoms with Gasteiger partial charge in [-0.05, 0) is 26.7 Å². The fraction of sp³-hybridized carbons (Fsp3) is 0.778. The maximum absolute atomic E-state index is 4.08. The minimum absolute atomic E-state index is 0.270. The quantitative estimate of drug-likeness (QED) is 0.792. The summed E-state index contributed by atoms with van der Waals surface area (Å²) in [4.78, 5) is 0. The van der Waals surface area contributed by atoms with Crippen molar-refractivity contribution in [3.63, 3.8) is 0 Å². The molecule has 4 heteroatoms. The second-order valence-corrected chi connectivity index (χ2v) is 5.20. The van der Waals surface area contributed by atoms with Crippen LogP contribution in [0.5, 0.6) is 0 Å². The van der Waals surface area contributed by atoms with E-state index in [2.05, 4.69) is 22.4 Å². The minimum atomic E-state index is 0.270. The van der Waals surface area contributed by atoms with Crippen molar-refractivity contribution >= 4 is 16.5 Å². The smallest absolute Gasteiger partial charge is 0.206 e. The van der Waals surface area contributed by atoms with Crippen molar-refractivity contribution < 1.29 is 0 Å². The van der Waals surface area contributed by atoms with Crippen LogP contribution in [0, 0.1) is 6.92 Å². The molecule has 0 spiro atoms. The third-order valence-corrected chi connectivity index (χ3v) is 3.40. The number of hydrogen-bond acceptors (Lipinski definition) is 4. The molecule has 0 amide bonds. The summed E-state index contributed by atoms with van der Waals surface area (Å²) in [6.07, 6.45) is 5.18. The van der Waals surface area contributed by atoms with Gasteiger partial charge in [0.05, 0.1) is 0 Å². The van der Waals surface area contributed by atoms with E-state index in [-0.39, 0.29) is 5.54 Å². The third-order valence-electron chi connectivity index (χ3n) is 2.64. The van der Waals surface area contributed by atoms with E-state index in [1.54, 1.807) is 11.3 Å². The lowest BCUT2D eigenvalue weighted by atomic mass is 10.0. The van der Waals surface area contributed by atoms with Crippen LogP contribution in [0.15, 0.2) is 0 Å². The minimum Gasteiger partial charge on any atom is -0.355 e. The van der Waals surface area contributed by atoms with Crippen LogP contribution in [-0.4, -0.2) is 15.7 Å². The number of rotatable bonds is 2. The number of anilines is 1. The van der Waals surface area contributed by atoms with E-state index < -0.39 is 0 Å². The van der Waals surface area contributed by atoms with Gasteiger partial charge < -0.3 is 5.32 Å². The molecular weight excluding hydrogens is 182 g/mol. The number of hydrogen-bond donors (Lipinski definition) is 1. The van der Waals surface area contributed by atoms with E-state index >= 15 is 0 Å². The molecule has 1 fully saturated rings. The summed E-state index contributed by atoms with van der Waals surface area (Å²) in [6.45, 7) is 4.26. The molecule has 1 aliphatic rings. The van der Waals surface area contributed by atoms with Crippen LogP contribution in [0.3, 0.4) is 0 Å². The van der Waals surface area contributed by atoms with Crippen LogP contribution in [0.4, 0.5) is 5.13 Å². The molecular formula is C9H15N3S. The summed E-state index contributed by atoms with van der Waals surface area (Å²) < 4.78 is 0. The molecule has 2 rings (SSSR count). The van der Waals surface area contributed by atoms with E-state index in [4.69, 9.17) is 0 Å². The van der Waals surface area contributed by atoms with Crippen LogP contribution in [0.25, 0.3) is 0 Å². The summed E-state index contributed by atoms with van der Waals surface area (Å²) >= 11 is 1.64. The Morgan fingerprint density at radius 2 is 2.00 bits per heavy atom. The summed E-state index contributed by atoms with van der Waals surface area (Å²) in [5.41, 5.74) is 0.270. The Kier molecular flexibility index (Phi) is 2.24. The summed E-state index contributed by atoms with van der Waals surface area (Å²) in [5.74, 6) is 0. The first-order chi connectivity index (χ1) is 6.18. The van der Waals surface area contributed by atoms with Crippen LogP contribution in [0.2, 0.25) is 0 Å². The highest BCUT2D eigenvalue weighted by Gasteiger charge is 2.29. The molecule has 1 aliphatic carbocycles. The summed E-state index contributed by atoms with van der Waals surface area (Å²) in [5, 5.41) is 13.6. The van der Waals surface area contributed by atoms with Crippen molar-refractivity contribution in [3.05, 3.63) is 5.01 Å². The van der Waals surface area contributed by atoms with Crippen LogP contribution in [0.1, 0.15) is 37.6 Å². The van der Waals surface area contributed by atoms with Crippen LogP contribution < -0.4 is 5.32 Å². The molecule has 72 valence electrons. The first-order valence-electron chi connectivity index (χ1n) is 4.76. The molecule has 3 nitrogen and oxygen atoms in total. The lowest BCUT2D eigenvalue weighted by Crippen LogP contribution is -2.30. The Labute approximate surface area is 82.6 Å². The van der Waals surface area contributed by atoms with E-state index in [0.29, 0.717) is 0 Å². The van der Waals surface area contributed by atoms with Gasteiger partial charge in [0.1, 0.15) is 5.01 Å². The van der Waals surface area contributed by atoms with Gasteiger partial charge in [0.2, 0.25) is 5.13 Å². The van der Waals surface area contributed by atoms with Crippen LogP contribution in [-0.2, 0) is 0 Å². The molecule has 13 heavy (non-hydrogen) atoms. The molecule has 0 aromatic carbocycles. The second kappa shape index (κ2) is 3.25. The fourth-order valence-corrected chi connectivity index (χ4v) is 2.63. The lowest BCUT2D eigenvalue weighted by molar-refractivity contribution is 0.532. The van der Waals surface area contributed by atoms with Crippen molar-refractivity contribution in [1.82, 2.24) is 10.2 Å². The SMILES string of the molecule is Cc1nnc(NC2(C)CCCC2)s1. The standard InChI is InChI=1S/C9H15N3S/c1-7-11-12-8(13-7)10-9(2)5-3-4-6-9/h3-6H2,1-2H3,(H,10,12). The number of nitrogens with zero attached hydrogens (tertiary/aromatic N) is 2. The van der Waals surface area contributed by atoms with E-state index in [9.17, 15) is 0 Å². The highest BCUT2D eigenvalue weighted by molar-refractivity contribution is 7.15. The normalized spacial score (nSPS) is 20.5. The lowest BCUT2D eigenvalue weighted by Gasteiger charge is -2.24. The third kappa shape index (κ3) is 1.99. The largest absolute Gasteiger partial charge is 0.355 e. The predicted octanol–water partition coefficient (Wildman–Crippen LogP) is 2.59. The van der Waals surface area contributed by atoms with Crippen molar-refractivity contribution in [2.45, 2.75) is 45.1 Å². The molecule has 1 aromatic heterocycles. The molecule has 1 saturated carbocycles. The fourth-order valence-electron chi connectivity index (χ4n) is 1.89. The van der Waals surface area contributed by atoms with Gasteiger partial charge in [-0.25, -0.2) is 0 Å². The van der Waals surface area contributed by atoms with Gasteiger partial charge in [0.25, 0.3) is 0 Å². The monoisotopic (exact) mass is 197 g/mol. The number of aryl methyl sites for hydroxylation is 1. The highest BCUT2D eigenvalue weighted by Crippen LogP contribution is 2.33. The van der Waals surface area contributed by atoms with Gasteiger partial charge >= 0.3 is 0 Å². The summed E-state index contributed by atoms with van der Waals surface area (Å²) in [7, 11) is 0. The van der Waals surface area contributed by atoms with E-state index in [0.717, 1.165) is 10.1 Å². The molecule has 1 aromatic rings. The maximum atomic E-state index is 4.08. The molecule has 0 radical (unpaired) electrons. The van der Waals surface area contributed by atoms with Crippen molar-refractivity contribution in [2.75, 3.05) is 5.32 Å². The maximum Gasteiger partial charge on any atom is 0.206 e. The second-order valence-electron chi connectivity index (χ2n) is 4.02. The number of nitrogens with one attached hydrogen (secondary N) is 1. The molecule has 0 aliphatic heterocycles. The Morgan fingerprint density at radius 1 is 1.31 bits per heavy atom. The first kappa shape index (κ1) is 8.94. The van der Waals surface area contributed by atoms with Gasteiger partial charge in [0.15, 0.2) is 0 Å². The molecule has 0 saturated heterocycles. The Hall–Kier alpha value is -0.640. The van der Waals surface area contributed by atoms with Gasteiger partial charge in [-0.15, -0.1) is 10.2 Å². The average Bonchev–Trinajstić information content (AvgIpc) is 2.62. The number of aromatic nitrogens is 2. The molecule has 1 N–H and O–H groups in total. The first-order valence-corrected chi connectivity index (χ1v) is 5.58. The van der Waals surface area contributed by atoms with Gasteiger partial charge in [-0.1, -0.05) is 24.2 Å². The zero-order chi connectivity index (χ0) is 9.31. The highest BCUT2D eigenvalue weighted by atomic mass is 32.1. The molecule has 0 atom stereocenters. The van der Waals surface area contributed by atoms with Crippen molar-refractivity contribution in [3.8, 4) is 0 Å². The molecule has 0 bridgehead atoms. The Bertz CT molecular complexity index is 289. The summed E-state index contributed by atoms with van der Waals surface area (Å²) in [6, 6.07) is 0. The van der Waals surface area contributed by atoms with Gasteiger partial charge in [0, 0.05) is 5.54 Å². The molecule has 1 heterocycles. The zero-order valence-corrected chi connectivity index (χ0v) is 8.95. The predicted molar refractivity (Wildman–Crippen MR) is 55.1 cm³/mol. The zero-order valence-electron chi connectivity index (χ0n) is 8.13. The van der Waals surface area contributed by atoms with Crippen molar-refractivity contribution in [2.24, 2.45) is 0 Å².